The standard InChI is InChI=1S/C24H30Cl3N3O5S/c1-6-15(2)28-24(32)16(3)29(13-17-7-8-18(25)11-20(17)27)23(31)14-30(36(5,33)34)21-12-19(26)9-10-22(21)35-4/h7-12,15-16H,6,13-14H2,1-5H3,(H,28,32)/t15-,16+/m0/s1. The number of halogens is 3. The Kier molecular flexibility index (Phi) is 10.7. The van der Waals surface area contributed by atoms with Gasteiger partial charge in [0.05, 0.1) is 19.1 Å². The summed E-state index contributed by atoms with van der Waals surface area (Å²) < 4.78 is 31.7. The van der Waals surface area contributed by atoms with E-state index in [1.54, 1.807) is 25.1 Å². The highest BCUT2D eigenvalue weighted by Crippen LogP contribution is 2.33. The molecule has 0 bridgehead atoms. The lowest BCUT2D eigenvalue weighted by atomic mass is 10.1. The quantitative estimate of drug-likeness (QED) is 0.415. The van der Waals surface area contributed by atoms with Crippen molar-refractivity contribution in [3.63, 3.8) is 0 Å². The molecule has 2 aromatic carbocycles. The number of amides is 2. The average molecular weight is 579 g/mol. The second-order valence-electron chi connectivity index (χ2n) is 8.34. The van der Waals surface area contributed by atoms with E-state index < -0.39 is 28.5 Å². The molecule has 0 heterocycles. The zero-order valence-electron chi connectivity index (χ0n) is 20.7. The van der Waals surface area contributed by atoms with Gasteiger partial charge in [-0.3, -0.25) is 13.9 Å². The monoisotopic (exact) mass is 577 g/mol. The number of sulfonamides is 1. The van der Waals surface area contributed by atoms with Crippen LogP contribution in [-0.4, -0.2) is 57.1 Å². The van der Waals surface area contributed by atoms with Gasteiger partial charge in [0.1, 0.15) is 18.3 Å². The third-order valence-corrected chi connectivity index (χ3v) is 7.56. The Balaban J connectivity index is 2.49. The average Bonchev–Trinajstić information content (AvgIpc) is 2.80. The molecule has 0 unspecified atom stereocenters. The molecule has 0 spiro atoms. The second kappa shape index (κ2) is 12.9. The summed E-state index contributed by atoms with van der Waals surface area (Å²) >= 11 is 18.5. The summed E-state index contributed by atoms with van der Waals surface area (Å²) in [6.07, 6.45) is 1.67. The summed E-state index contributed by atoms with van der Waals surface area (Å²) in [6.45, 7) is 4.71. The highest BCUT2D eigenvalue weighted by molar-refractivity contribution is 7.92. The summed E-state index contributed by atoms with van der Waals surface area (Å²) in [5.74, 6) is -0.790. The van der Waals surface area contributed by atoms with Gasteiger partial charge < -0.3 is 15.0 Å². The van der Waals surface area contributed by atoms with Crippen LogP contribution in [0.25, 0.3) is 0 Å². The van der Waals surface area contributed by atoms with Crippen LogP contribution in [0.2, 0.25) is 15.1 Å². The maximum atomic E-state index is 13.6. The highest BCUT2D eigenvalue weighted by atomic mass is 35.5. The van der Waals surface area contributed by atoms with Gasteiger partial charge in [0.25, 0.3) is 0 Å². The molecule has 0 saturated carbocycles. The predicted molar refractivity (Wildman–Crippen MR) is 145 cm³/mol. The Morgan fingerprint density at radius 1 is 1.06 bits per heavy atom. The smallest absolute Gasteiger partial charge is 0.244 e. The lowest BCUT2D eigenvalue weighted by Gasteiger charge is -2.32. The van der Waals surface area contributed by atoms with E-state index in [0.29, 0.717) is 22.0 Å². The van der Waals surface area contributed by atoms with E-state index in [9.17, 15) is 18.0 Å². The summed E-state index contributed by atoms with van der Waals surface area (Å²) in [5.41, 5.74) is 0.644. The molecule has 0 radical (unpaired) electrons. The lowest BCUT2D eigenvalue weighted by molar-refractivity contribution is -0.139. The molecule has 0 aliphatic heterocycles. The lowest BCUT2D eigenvalue weighted by Crippen LogP contribution is -2.52. The van der Waals surface area contributed by atoms with E-state index in [-0.39, 0.29) is 35.0 Å². The normalized spacial score (nSPS) is 13.0. The zero-order chi connectivity index (χ0) is 27.2. The fraction of sp³-hybridized carbons (Fsp3) is 0.417. The number of rotatable bonds is 11. The van der Waals surface area contributed by atoms with Gasteiger partial charge >= 0.3 is 0 Å². The van der Waals surface area contributed by atoms with Crippen LogP contribution in [0, 0.1) is 0 Å². The first-order chi connectivity index (χ1) is 16.8. The van der Waals surface area contributed by atoms with Crippen LogP contribution in [0.5, 0.6) is 5.75 Å². The van der Waals surface area contributed by atoms with Gasteiger partial charge in [0.2, 0.25) is 21.8 Å². The van der Waals surface area contributed by atoms with Gasteiger partial charge in [-0.25, -0.2) is 8.42 Å². The minimum atomic E-state index is -3.95. The molecule has 2 atom stereocenters. The minimum absolute atomic E-state index is 0.0474. The minimum Gasteiger partial charge on any atom is -0.495 e. The number of carbonyl (C=O) groups excluding carboxylic acids is 2. The Labute approximate surface area is 227 Å². The molecule has 0 saturated heterocycles. The van der Waals surface area contributed by atoms with Gasteiger partial charge in [-0.1, -0.05) is 47.8 Å². The van der Waals surface area contributed by atoms with Crippen LogP contribution in [0.15, 0.2) is 36.4 Å². The van der Waals surface area contributed by atoms with Gasteiger partial charge in [-0.2, -0.15) is 0 Å². The Bertz CT molecular complexity index is 1210. The van der Waals surface area contributed by atoms with E-state index in [4.69, 9.17) is 39.5 Å². The Hall–Kier alpha value is -2.20. The van der Waals surface area contributed by atoms with Crippen molar-refractivity contribution in [2.24, 2.45) is 0 Å². The Morgan fingerprint density at radius 2 is 1.67 bits per heavy atom. The topological polar surface area (TPSA) is 96.0 Å². The van der Waals surface area contributed by atoms with E-state index >= 15 is 0 Å². The van der Waals surface area contributed by atoms with Crippen molar-refractivity contribution in [3.8, 4) is 5.75 Å². The van der Waals surface area contributed by atoms with Crippen molar-refractivity contribution < 1.29 is 22.7 Å². The number of hydrogen-bond acceptors (Lipinski definition) is 5. The fourth-order valence-corrected chi connectivity index (χ4v) is 4.81. The molecule has 0 aliphatic rings. The number of methoxy groups -OCH3 is 1. The number of ether oxygens (including phenoxy) is 1. The summed E-state index contributed by atoms with van der Waals surface area (Å²) in [7, 11) is -2.57. The van der Waals surface area contributed by atoms with Crippen LogP contribution in [0.3, 0.4) is 0 Å². The molecule has 8 nitrogen and oxygen atoms in total. The maximum Gasteiger partial charge on any atom is 0.244 e. The van der Waals surface area contributed by atoms with Gasteiger partial charge in [0, 0.05) is 27.7 Å². The van der Waals surface area contributed by atoms with E-state index in [0.717, 1.165) is 10.6 Å². The van der Waals surface area contributed by atoms with Crippen molar-refractivity contribution in [2.45, 2.75) is 45.8 Å². The summed E-state index contributed by atoms with van der Waals surface area (Å²) in [6, 6.07) is 8.21. The van der Waals surface area contributed by atoms with E-state index in [2.05, 4.69) is 5.32 Å². The van der Waals surface area contributed by atoms with E-state index in [1.165, 1.54) is 30.2 Å². The van der Waals surface area contributed by atoms with Gasteiger partial charge in [-0.05, 0) is 56.2 Å². The maximum absolute atomic E-state index is 13.6. The third kappa shape index (κ3) is 7.90. The number of benzene rings is 2. The largest absolute Gasteiger partial charge is 0.495 e. The Morgan fingerprint density at radius 3 is 2.22 bits per heavy atom. The predicted octanol–water partition coefficient (Wildman–Crippen LogP) is 4.75. The molecule has 1 N–H and O–H groups in total. The number of nitrogens with zero attached hydrogens (tertiary/aromatic N) is 2. The molecule has 0 aromatic heterocycles. The molecule has 0 aliphatic carbocycles. The van der Waals surface area contributed by atoms with Gasteiger partial charge in [-0.15, -0.1) is 0 Å². The van der Waals surface area contributed by atoms with Crippen LogP contribution in [-0.2, 0) is 26.2 Å². The number of carbonyl (C=O) groups is 2. The highest BCUT2D eigenvalue weighted by Gasteiger charge is 2.32. The molecule has 2 rings (SSSR count). The first-order valence-electron chi connectivity index (χ1n) is 11.1. The molecule has 12 heteroatoms. The fourth-order valence-electron chi connectivity index (χ4n) is 3.33. The number of nitrogens with one attached hydrogen (secondary N) is 1. The van der Waals surface area contributed by atoms with Crippen molar-refractivity contribution in [1.29, 1.82) is 0 Å². The van der Waals surface area contributed by atoms with Crippen LogP contribution in [0.1, 0.15) is 32.8 Å². The van der Waals surface area contributed by atoms with Crippen molar-refractivity contribution in [1.82, 2.24) is 10.2 Å². The molecule has 2 amide bonds. The molecule has 0 fully saturated rings. The van der Waals surface area contributed by atoms with Gasteiger partial charge in [0.15, 0.2) is 0 Å². The summed E-state index contributed by atoms with van der Waals surface area (Å²) in [4.78, 5) is 27.9. The summed E-state index contributed by atoms with van der Waals surface area (Å²) in [5, 5.41) is 3.85. The van der Waals surface area contributed by atoms with Crippen molar-refractivity contribution >= 4 is 62.3 Å². The van der Waals surface area contributed by atoms with Crippen LogP contribution < -0.4 is 14.4 Å². The molecule has 198 valence electrons. The molecule has 2 aromatic rings. The number of hydrogen-bond donors (Lipinski definition) is 1. The number of anilines is 1. The van der Waals surface area contributed by atoms with E-state index in [1.807, 2.05) is 13.8 Å². The second-order valence-corrected chi connectivity index (χ2v) is 11.5. The van der Waals surface area contributed by atoms with Crippen LogP contribution in [0.4, 0.5) is 5.69 Å². The van der Waals surface area contributed by atoms with Crippen molar-refractivity contribution in [3.05, 3.63) is 57.0 Å². The third-order valence-electron chi connectivity index (χ3n) is 5.61. The molecule has 36 heavy (non-hydrogen) atoms. The molecular weight excluding hydrogens is 549 g/mol. The first kappa shape index (κ1) is 30.0. The van der Waals surface area contributed by atoms with Crippen molar-refractivity contribution in [2.75, 3.05) is 24.2 Å². The zero-order valence-corrected chi connectivity index (χ0v) is 23.8. The van der Waals surface area contributed by atoms with Crippen LogP contribution >= 0.6 is 34.8 Å². The first-order valence-corrected chi connectivity index (χ1v) is 14.1. The SMILES string of the molecule is CC[C@H](C)NC(=O)[C@@H](C)N(Cc1ccc(Cl)cc1Cl)C(=O)CN(c1cc(Cl)ccc1OC)S(C)(=O)=O. The molecular formula is C24H30Cl3N3O5S.